The first-order valence-electron chi connectivity index (χ1n) is 27.3. The van der Waals surface area contributed by atoms with Crippen LogP contribution in [0.2, 0.25) is 0 Å². The first-order valence-corrected chi connectivity index (χ1v) is 27.3. The molecule has 24 nitrogen and oxygen atoms in total. The summed E-state index contributed by atoms with van der Waals surface area (Å²) >= 11 is 0. The van der Waals surface area contributed by atoms with Gasteiger partial charge in [0, 0.05) is 87.9 Å². The molecule has 2 aliphatic rings. The molecule has 24 heteroatoms. The number of nitro groups is 2. The molecule has 2 fully saturated rings. The lowest BCUT2D eigenvalue weighted by Gasteiger charge is -2.38. The topological polar surface area (TPSA) is 293 Å². The molecule has 0 saturated carbocycles. The Labute approximate surface area is 460 Å². The molecule has 1 unspecified atom stereocenters. The molecule has 2 aliphatic heterocycles. The number of non-ortho nitro benzene ring substituents is 1. The van der Waals surface area contributed by atoms with Crippen LogP contribution in [0.25, 0.3) is 10.9 Å². The van der Waals surface area contributed by atoms with Gasteiger partial charge in [-0.15, -0.1) is 0 Å². The molecule has 1 atom stereocenters. The molecule has 0 aliphatic carbocycles. The standard InChI is InChI=1S/C55H79N9O15/c1-40-3-7-46(49(35-40)56-2)41-11-18-61(19-12-41)39-52(65)42-13-20-62(21-14-42)55(68)50-36-43-4-6-45(38-48(43)60-50)79-34-33-78-32-31-77-30-27-75-24-17-59-54(67)10-9-53(66)58-16-23-74-26-29-76-28-25-73-22-15-57-47-8-5-44(63(69)70)37-51(47)64(71)72/h3-8,35-38,41-42,52,56-57,60,65H,9-34,39H2,1-2H3,(H,58,66)(H,59,67). The quantitative estimate of drug-likeness (QED) is 0.0196. The van der Waals surface area contributed by atoms with E-state index in [1.807, 2.05) is 36.2 Å². The van der Waals surface area contributed by atoms with Gasteiger partial charge in [-0.25, -0.2) is 0 Å². The molecule has 6 N–H and O–H groups in total. The molecular formula is C55H79N9O15. The molecule has 1 aromatic heterocycles. The van der Waals surface area contributed by atoms with E-state index >= 15 is 0 Å². The van der Waals surface area contributed by atoms with Gasteiger partial charge < -0.3 is 74.3 Å². The average molecular weight is 1110 g/mol. The third kappa shape index (κ3) is 21.2. The predicted molar refractivity (Wildman–Crippen MR) is 296 cm³/mol. The number of benzene rings is 3. The van der Waals surface area contributed by atoms with Crippen LogP contribution in [0.3, 0.4) is 0 Å². The minimum atomic E-state index is -0.696. The average Bonchev–Trinajstić information content (AvgIpc) is 3.94. The zero-order valence-corrected chi connectivity index (χ0v) is 45.5. The Kier molecular flexibility index (Phi) is 26.4. The third-order valence-corrected chi connectivity index (χ3v) is 13.8. The predicted octanol–water partition coefficient (Wildman–Crippen LogP) is 5.03. The maximum Gasteiger partial charge on any atom is 0.299 e. The summed E-state index contributed by atoms with van der Waals surface area (Å²) in [6.07, 6.45) is 3.38. The molecule has 3 amide bonds. The smallest absolute Gasteiger partial charge is 0.299 e. The number of aromatic nitrogens is 1. The maximum atomic E-state index is 13.5. The third-order valence-electron chi connectivity index (χ3n) is 13.8. The first-order chi connectivity index (χ1) is 38.4. The van der Waals surface area contributed by atoms with E-state index in [0.29, 0.717) is 110 Å². The Morgan fingerprint density at radius 3 is 1.84 bits per heavy atom. The summed E-state index contributed by atoms with van der Waals surface area (Å²) in [4.78, 5) is 66.0. The highest BCUT2D eigenvalue weighted by Crippen LogP contribution is 2.34. The number of anilines is 2. The monoisotopic (exact) mass is 1110 g/mol. The minimum absolute atomic E-state index is 0.0349. The lowest BCUT2D eigenvalue weighted by molar-refractivity contribution is -0.393. The van der Waals surface area contributed by atoms with Crippen LogP contribution in [-0.2, 0) is 38.0 Å². The molecule has 0 bridgehead atoms. The number of hydrogen-bond donors (Lipinski definition) is 6. The Morgan fingerprint density at radius 2 is 1.25 bits per heavy atom. The number of aliphatic hydroxyl groups is 1. The van der Waals surface area contributed by atoms with E-state index in [-0.39, 0.29) is 80.8 Å². The normalized spacial score (nSPS) is 14.7. The Bertz CT molecular complexity index is 2530. The van der Waals surface area contributed by atoms with Crippen molar-refractivity contribution in [2.24, 2.45) is 5.92 Å². The van der Waals surface area contributed by atoms with Crippen LogP contribution >= 0.6 is 0 Å². The van der Waals surface area contributed by atoms with Crippen molar-refractivity contribution >= 4 is 51.4 Å². The van der Waals surface area contributed by atoms with Crippen LogP contribution in [-0.4, -0.2) is 199 Å². The summed E-state index contributed by atoms with van der Waals surface area (Å²) in [5.74, 6) is 0.794. The SMILES string of the molecule is CNc1cc(C)ccc1C1CCN(CC(O)C2CCN(C(=O)c3cc4ccc(OCCOCCOCCOCCNC(=O)CCC(=O)NCCOCCOCCOCCNc5ccc([N+](=O)[O-])cc5[N+](=O)[O-])cc4[nH]3)CC2)CC1. The van der Waals surface area contributed by atoms with Crippen molar-refractivity contribution in [1.82, 2.24) is 25.4 Å². The van der Waals surface area contributed by atoms with Gasteiger partial charge in [-0.3, -0.25) is 34.6 Å². The number of likely N-dealkylation sites (tertiary alicyclic amines) is 2. The minimum Gasteiger partial charge on any atom is -0.491 e. The lowest BCUT2D eigenvalue weighted by atomic mass is 9.86. The fraction of sp³-hybridized carbons (Fsp3) is 0.582. The molecule has 3 aromatic carbocycles. The van der Waals surface area contributed by atoms with Crippen LogP contribution in [0.15, 0.2) is 60.7 Å². The van der Waals surface area contributed by atoms with Gasteiger partial charge in [-0.1, -0.05) is 12.1 Å². The van der Waals surface area contributed by atoms with Crippen LogP contribution in [0.1, 0.15) is 66.1 Å². The number of nitro benzene ring substituents is 2. The number of β-amino-alcohol motifs (C(OH)–C–C–N with tert-alkyl or cyclic N) is 1. The van der Waals surface area contributed by atoms with E-state index in [2.05, 4.69) is 56.3 Å². The second-order valence-electron chi connectivity index (χ2n) is 19.4. The lowest BCUT2D eigenvalue weighted by Crippen LogP contribution is -2.45. The number of aryl methyl sites for hydroxylation is 1. The van der Waals surface area contributed by atoms with Crippen molar-refractivity contribution in [2.45, 2.75) is 57.5 Å². The van der Waals surface area contributed by atoms with Gasteiger partial charge in [-0.05, 0) is 99.0 Å². The summed E-state index contributed by atoms with van der Waals surface area (Å²) in [6, 6.07) is 17.6. The van der Waals surface area contributed by atoms with Gasteiger partial charge in [0.15, 0.2) is 0 Å². The summed E-state index contributed by atoms with van der Waals surface area (Å²) in [6.45, 7) is 11.0. The Morgan fingerprint density at radius 1 is 0.671 bits per heavy atom. The molecule has 434 valence electrons. The largest absolute Gasteiger partial charge is 0.491 e. The second-order valence-corrected chi connectivity index (χ2v) is 19.4. The molecule has 0 radical (unpaired) electrons. The number of amides is 3. The fourth-order valence-corrected chi connectivity index (χ4v) is 9.47. The number of carbonyl (C=O) groups is 3. The second kappa shape index (κ2) is 33.8. The van der Waals surface area contributed by atoms with Crippen molar-refractivity contribution in [3.8, 4) is 5.75 Å². The van der Waals surface area contributed by atoms with E-state index in [4.69, 9.17) is 33.2 Å². The number of carbonyl (C=O) groups excluding carboxylic acids is 3. The first kappa shape index (κ1) is 61.7. The highest BCUT2D eigenvalue weighted by atomic mass is 16.6. The number of hydrogen-bond acceptors (Lipinski definition) is 18. The van der Waals surface area contributed by atoms with Gasteiger partial charge in [-0.2, -0.15) is 0 Å². The number of H-pyrrole nitrogens is 1. The zero-order chi connectivity index (χ0) is 56.2. The highest BCUT2D eigenvalue weighted by molar-refractivity contribution is 5.98. The number of ether oxygens (including phenoxy) is 7. The molecule has 6 rings (SSSR count). The molecule has 79 heavy (non-hydrogen) atoms. The zero-order valence-electron chi connectivity index (χ0n) is 45.5. The molecule has 2 saturated heterocycles. The highest BCUT2D eigenvalue weighted by Gasteiger charge is 2.31. The van der Waals surface area contributed by atoms with E-state index in [9.17, 15) is 39.7 Å². The molecule has 3 heterocycles. The maximum absolute atomic E-state index is 13.5. The van der Waals surface area contributed by atoms with Crippen LogP contribution in [0.4, 0.5) is 22.7 Å². The number of aliphatic hydroxyl groups excluding tert-OH is 1. The summed E-state index contributed by atoms with van der Waals surface area (Å²) < 4.78 is 38.9. The number of nitrogens with one attached hydrogen (secondary N) is 5. The Balaban J connectivity index is 0.686. The van der Waals surface area contributed by atoms with Gasteiger partial charge >= 0.3 is 0 Å². The molecule has 4 aromatic rings. The summed E-state index contributed by atoms with van der Waals surface area (Å²) in [5.41, 5.74) is 4.61. The fourth-order valence-electron chi connectivity index (χ4n) is 9.47. The van der Waals surface area contributed by atoms with Crippen molar-refractivity contribution in [1.29, 1.82) is 0 Å². The Hall–Kier alpha value is -6.51. The van der Waals surface area contributed by atoms with Gasteiger partial charge in [0.05, 0.1) is 101 Å². The van der Waals surface area contributed by atoms with Gasteiger partial charge in [0.2, 0.25) is 11.8 Å². The van der Waals surface area contributed by atoms with Crippen molar-refractivity contribution in [3.05, 3.63) is 97.7 Å². The van der Waals surface area contributed by atoms with E-state index in [0.717, 1.165) is 55.7 Å². The van der Waals surface area contributed by atoms with Crippen LogP contribution in [0, 0.1) is 33.1 Å². The molecular weight excluding hydrogens is 1030 g/mol. The van der Waals surface area contributed by atoms with Gasteiger partial charge in [0.1, 0.15) is 23.7 Å². The summed E-state index contributed by atoms with van der Waals surface area (Å²) in [7, 11) is 1.99. The van der Waals surface area contributed by atoms with E-state index < -0.39 is 21.6 Å². The summed E-state index contributed by atoms with van der Waals surface area (Å²) in [5, 5.41) is 45.9. The number of piperidine rings is 2. The van der Waals surface area contributed by atoms with Crippen molar-refractivity contribution < 1.29 is 62.5 Å². The van der Waals surface area contributed by atoms with Crippen LogP contribution < -0.4 is 26.0 Å². The van der Waals surface area contributed by atoms with E-state index in [1.54, 1.807) is 0 Å². The number of fused-ring (bicyclic) bond motifs is 1. The number of aromatic amines is 1. The number of nitrogens with zero attached hydrogens (tertiary/aromatic N) is 4. The van der Waals surface area contributed by atoms with Crippen molar-refractivity contribution in [3.63, 3.8) is 0 Å². The van der Waals surface area contributed by atoms with E-state index in [1.165, 1.54) is 28.9 Å². The van der Waals surface area contributed by atoms with Gasteiger partial charge in [0.25, 0.3) is 17.3 Å². The molecule has 0 spiro atoms. The van der Waals surface area contributed by atoms with Crippen molar-refractivity contribution in [2.75, 3.05) is 156 Å². The number of rotatable bonds is 37. The van der Waals surface area contributed by atoms with Crippen LogP contribution in [0.5, 0.6) is 5.75 Å².